The monoisotopic (exact) mass is 492 g/mol. The highest BCUT2D eigenvalue weighted by atomic mass is 127. The molecular formula is C17H26BrIN4. The van der Waals surface area contributed by atoms with E-state index in [9.17, 15) is 0 Å². The first-order valence-corrected chi connectivity index (χ1v) is 9.01. The average molecular weight is 493 g/mol. The number of rotatable bonds is 3. The van der Waals surface area contributed by atoms with Crippen LogP contribution in [0.4, 0.5) is 5.69 Å². The maximum absolute atomic E-state index is 4.43. The van der Waals surface area contributed by atoms with Gasteiger partial charge in [0.25, 0.3) is 0 Å². The fourth-order valence-electron chi connectivity index (χ4n) is 3.40. The lowest BCUT2D eigenvalue weighted by atomic mass is 10.1. The van der Waals surface area contributed by atoms with Gasteiger partial charge >= 0.3 is 0 Å². The van der Waals surface area contributed by atoms with Crippen LogP contribution in [0.5, 0.6) is 0 Å². The Morgan fingerprint density at radius 3 is 2.78 bits per heavy atom. The molecule has 0 spiro atoms. The maximum atomic E-state index is 4.43. The molecule has 2 aliphatic rings. The van der Waals surface area contributed by atoms with Crippen molar-refractivity contribution in [2.24, 2.45) is 10.9 Å². The van der Waals surface area contributed by atoms with E-state index in [2.05, 4.69) is 60.3 Å². The topological polar surface area (TPSA) is 30.9 Å². The number of halogens is 2. The minimum Gasteiger partial charge on any atom is -0.371 e. The molecule has 6 heteroatoms. The standard InChI is InChI=1S/C17H25BrN4.HI/c1-19-17(21-8-2-3-9-21)20-12-14-7-10-22(13-14)16-6-4-5-15(18)11-16;/h4-6,11,14H,2-3,7-10,12-13H2,1H3,(H,19,20);1H. The zero-order chi connectivity index (χ0) is 15.4. The maximum Gasteiger partial charge on any atom is 0.193 e. The molecule has 2 aliphatic heterocycles. The van der Waals surface area contributed by atoms with Gasteiger partial charge in [-0.05, 0) is 43.4 Å². The molecule has 1 atom stereocenters. The zero-order valence-corrected chi connectivity index (χ0v) is 17.6. The van der Waals surface area contributed by atoms with Crippen molar-refractivity contribution in [2.45, 2.75) is 19.3 Å². The number of guanidine groups is 1. The lowest BCUT2D eigenvalue weighted by Crippen LogP contribution is -2.42. The summed E-state index contributed by atoms with van der Waals surface area (Å²) in [5.41, 5.74) is 1.32. The van der Waals surface area contributed by atoms with Gasteiger partial charge < -0.3 is 15.1 Å². The van der Waals surface area contributed by atoms with Gasteiger partial charge in [-0.25, -0.2) is 0 Å². The summed E-state index contributed by atoms with van der Waals surface area (Å²) in [6, 6.07) is 8.60. The van der Waals surface area contributed by atoms with Crippen molar-refractivity contribution >= 4 is 51.6 Å². The minimum atomic E-state index is 0. The largest absolute Gasteiger partial charge is 0.371 e. The fourth-order valence-corrected chi connectivity index (χ4v) is 3.79. The van der Waals surface area contributed by atoms with Gasteiger partial charge in [0.1, 0.15) is 0 Å². The summed E-state index contributed by atoms with van der Waals surface area (Å²) in [6.07, 6.45) is 3.83. The van der Waals surface area contributed by atoms with Gasteiger partial charge in [-0.1, -0.05) is 22.0 Å². The first-order chi connectivity index (χ1) is 10.8. The number of anilines is 1. The highest BCUT2D eigenvalue weighted by molar-refractivity contribution is 14.0. The summed E-state index contributed by atoms with van der Waals surface area (Å²) in [5.74, 6) is 1.77. The van der Waals surface area contributed by atoms with Crippen LogP contribution in [0.1, 0.15) is 19.3 Å². The van der Waals surface area contributed by atoms with Crippen LogP contribution in [0.15, 0.2) is 33.7 Å². The van der Waals surface area contributed by atoms with Crippen LogP contribution in [0, 0.1) is 5.92 Å². The second kappa shape index (κ2) is 9.11. The Hall–Kier alpha value is -0.500. The van der Waals surface area contributed by atoms with E-state index in [1.807, 2.05) is 7.05 Å². The van der Waals surface area contributed by atoms with Crippen LogP contribution >= 0.6 is 39.9 Å². The quantitative estimate of drug-likeness (QED) is 0.397. The highest BCUT2D eigenvalue weighted by Gasteiger charge is 2.24. The summed E-state index contributed by atoms with van der Waals surface area (Å²) in [4.78, 5) is 9.29. The normalized spacial score (nSPS) is 21.5. The summed E-state index contributed by atoms with van der Waals surface area (Å²) in [7, 11) is 1.89. The SMILES string of the molecule is CN=C(NCC1CCN(c2cccc(Br)c2)C1)N1CCCC1.I. The van der Waals surface area contributed by atoms with E-state index in [1.165, 1.54) is 24.9 Å². The Labute approximate surface area is 164 Å². The van der Waals surface area contributed by atoms with E-state index in [1.54, 1.807) is 0 Å². The summed E-state index contributed by atoms with van der Waals surface area (Å²) in [5, 5.41) is 3.58. The van der Waals surface area contributed by atoms with Crippen LogP contribution in [0.3, 0.4) is 0 Å². The van der Waals surface area contributed by atoms with Crippen LogP contribution < -0.4 is 10.2 Å². The third-order valence-electron chi connectivity index (χ3n) is 4.63. The van der Waals surface area contributed by atoms with Crippen LogP contribution in [0.2, 0.25) is 0 Å². The highest BCUT2D eigenvalue weighted by Crippen LogP contribution is 2.26. The molecule has 4 nitrogen and oxygen atoms in total. The van der Waals surface area contributed by atoms with E-state index in [-0.39, 0.29) is 24.0 Å². The van der Waals surface area contributed by atoms with Gasteiger partial charge in [-0.3, -0.25) is 4.99 Å². The van der Waals surface area contributed by atoms with Crippen molar-refractivity contribution in [1.82, 2.24) is 10.2 Å². The third kappa shape index (κ3) is 4.98. The van der Waals surface area contributed by atoms with Gasteiger partial charge in [-0.2, -0.15) is 0 Å². The van der Waals surface area contributed by atoms with E-state index in [0.29, 0.717) is 5.92 Å². The van der Waals surface area contributed by atoms with Gasteiger partial charge in [0, 0.05) is 49.9 Å². The minimum absolute atomic E-state index is 0. The third-order valence-corrected chi connectivity index (χ3v) is 5.12. The molecule has 0 amide bonds. The van der Waals surface area contributed by atoms with Gasteiger partial charge in [0.15, 0.2) is 5.96 Å². The molecule has 0 aromatic heterocycles. The van der Waals surface area contributed by atoms with E-state index < -0.39 is 0 Å². The number of aliphatic imine (C=N–C) groups is 1. The molecule has 1 unspecified atom stereocenters. The number of nitrogens with zero attached hydrogens (tertiary/aromatic N) is 3. The average Bonchev–Trinajstić information content (AvgIpc) is 3.19. The Kier molecular flexibility index (Phi) is 7.46. The summed E-state index contributed by atoms with van der Waals surface area (Å²) < 4.78 is 1.15. The van der Waals surface area contributed by atoms with Crippen molar-refractivity contribution in [2.75, 3.05) is 44.7 Å². The second-order valence-electron chi connectivity index (χ2n) is 6.20. The predicted octanol–water partition coefficient (Wildman–Crippen LogP) is 3.56. The van der Waals surface area contributed by atoms with Gasteiger partial charge in [-0.15, -0.1) is 24.0 Å². The van der Waals surface area contributed by atoms with E-state index in [4.69, 9.17) is 0 Å². The van der Waals surface area contributed by atoms with E-state index in [0.717, 1.165) is 43.2 Å². The van der Waals surface area contributed by atoms with Crippen molar-refractivity contribution in [1.29, 1.82) is 0 Å². The fraction of sp³-hybridized carbons (Fsp3) is 0.588. The Morgan fingerprint density at radius 2 is 2.09 bits per heavy atom. The molecule has 3 rings (SSSR count). The summed E-state index contributed by atoms with van der Waals surface area (Å²) in [6.45, 7) is 5.59. The first-order valence-electron chi connectivity index (χ1n) is 8.22. The lowest BCUT2D eigenvalue weighted by Gasteiger charge is -2.23. The smallest absolute Gasteiger partial charge is 0.193 e. The molecule has 0 saturated carbocycles. The Balaban J connectivity index is 0.00000192. The molecule has 0 aliphatic carbocycles. The van der Waals surface area contributed by atoms with Gasteiger partial charge in [0.05, 0.1) is 0 Å². The second-order valence-corrected chi connectivity index (χ2v) is 7.12. The van der Waals surface area contributed by atoms with E-state index >= 15 is 0 Å². The molecule has 2 fully saturated rings. The number of benzene rings is 1. The molecule has 2 heterocycles. The molecule has 2 saturated heterocycles. The lowest BCUT2D eigenvalue weighted by molar-refractivity contribution is 0.476. The Morgan fingerprint density at radius 1 is 1.30 bits per heavy atom. The van der Waals surface area contributed by atoms with Crippen molar-refractivity contribution in [3.63, 3.8) is 0 Å². The number of hydrogen-bond acceptors (Lipinski definition) is 2. The predicted molar refractivity (Wildman–Crippen MR) is 112 cm³/mol. The van der Waals surface area contributed by atoms with Crippen LogP contribution in [-0.2, 0) is 0 Å². The summed E-state index contributed by atoms with van der Waals surface area (Å²) >= 11 is 3.56. The molecule has 0 radical (unpaired) electrons. The molecule has 1 aromatic rings. The molecule has 23 heavy (non-hydrogen) atoms. The van der Waals surface area contributed by atoms with Crippen molar-refractivity contribution in [3.05, 3.63) is 28.7 Å². The number of likely N-dealkylation sites (tertiary alicyclic amines) is 1. The van der Waals surface area contributed by atoms with Gasteiger partial charge in [0.2, 0.25) is 0 Å². The molecule has 128 valence electrons. The Bertz CT molecular complexity index is 531. The number of nitrogens with one attached hydrogen (secondary N) is 1. The zero-order valence-electron chi connectivity index (χ0n) is 13.7. The molecular weight excluding hydrogens is 467 g/mol. The molecule has 1 aromatic carbocycles. The van der Waals surface area contributed by atoms with Crippen molar-refractivity contribution < 1.29 is 0 Å². The molecule has 1 N–H and O–H groups in total. The number of hydrogen-bond donors (Lipinski definition) is 1. The van der Waals surface area contributed by atoms with Crippen molar-refractivity contribution in [3.8, 4) is 0 Å². The van der Waals surface area contributed by atoms with Crippen LogP contribution in [0.25, 0.3) is 0 Å². The molecule has 0 bridgehead atoms. The van der Waals surface area contributed by atoms with Crippen LogP contribution in [-0.4, -0.2) is 50.6 Å². The first kappa shape index (κ1) is 18.8.